The largest absolute Gasteiger partial charge is 0.393 e. The number of carbonyl (C=O) groups excluding carboxylic acids is 1. The third-order valence-corrected chi connectivity index (χ3v) is 2.51. The van der Waals surface area contributed by atoms with Crippen LogP contribution in [-0.2, 0) is 0 Å². The van der Waals surface area contributed by atoms with E-state index in [1.165, 1.54) is 18.2 Å². The number of nitrogen functional groups attached to an aromatic ring is 1. The first-order chi connectivity index (χ1) is 8.81. The molecule has 104 valence electrons. The number of anilines is 1. The van der Waals surface area contributed by atoms with Crippen LogP contribution in [0.1, 0.15) is 17.3 Å². The molecule has 0 aliphatic heterocycles. The molecule has 0 bridgehead atoms. The lowest BCUT2D eigenvalue weighted by Gasteiger charge is -2.18. The van der Waals surface area contributed by atoms with E-state index >= 15 is 0 Å². The van der Waals surface area contributed by atoms with Crippen LogP contribution in [0.5, 0.6) is 0 Å². The van der Waals surface area contributed by atoms with Gasteiger partial charge < -0.3 is 16.0 Å². The molecule has 7 nitrogen and oxygen atoms in total. The molecule has 1 atom stereocenters. The van der Waals surface area contributed by atoms with Crippen molar-refractivity contribution in [2.45, 2.75) is 13.0 Å². The van der Waals surface area contributed by atoms with Crippen LogP contribution in [0.4, 0.5) is 11.4 Å². The van der Waals surface area contributed by atoms with E-state index in [2.05, 4.69) is 5.32 Å². The molecule has 0 aliphatic carbocycles. The van der Waals surface area contributed by atoms with E-state index in [1.54, 1.807) is 0 Å². The van der Waals surface area contributed by atoms with Crippen LogP contribution < -0.4 is 11.1 Å². The van der Waals surface area contributed by atoms with Crippen LogP contribution in [0.15, 0.2) is 18.2 Å². The van der Waals surface area contributed by atoms with E-state index in [9.17, 15) is 14.9 Å². The molecule has 1 aromatic rings. The zero-order valence-electron chi connectivity index (χ0n) is 11.2. The molecular weight excluding hydrogens is 248 g/mol. The van der Waals surface area contributed by atoms with Crippen LogP contribution in [0.25, 0.3) is 0 Å². The number of nitrogens with two attached hydrogens (primary N) is 1. The fourth-order valence-corrected chi connectivity index (χ4v) is 1.74. The maximum absolute atomic E-state index is 11.9. The zero-order valence-corrected chi connectivity index (χ0v) is 11.2. The Morgan fingerprint density at radius 2 is 2.16 bits per heavy atom. The third kappa shape index (κ3) is 4.22. The second-order valence-electron chi connectivity index (χ2n) is 4.67. The maximum Gasteiger partial charge on any atom is 0.292 e. The molecule has 0 aromatic heterocycles. The van der Waals surface area contributed by atoms with E-state index < -0.39 is 4.92 Å². The van der Waals surface area contributed by atoms with E-state index in [-0.39, 0.29) is 28.9 Å². The molecule has 0 radical (unpaired) electrons. The predicted molar refractivity (Wildman–Crippen MR) is 73.0 cm³/mol. The van der Waals surface area contributed by atoms with Crippen molar-refractivity contribution < 1.29 is 9.72 Å². The van der Waals surface area contributed by atoms with E-state index in [1.807, 2.05) is 25.9 Å². The molecule has 7 heteroatoms. The van der Waals surface area contributed by atoms with Gasteiger partial charge in [-0.05, 0) is 33.2 Å². The lowest BCUT2D eigenvalue weighted by molar-refractivity contribution is -0.383. The molecule has 0 aliphatic rings. The average molecular weight is 266 g/mol. The van der Waals surface area contributed by atoms with Gasteiger partial charge in [0.25, 0.3) is 11.6 Å². The Morgan fingerprint density at radius 3 is 2.68 bits per heavy atom. The van der Waals surface area contributed by atoms with Crippen LogP contribution in [-0.4, -0.2) is 42.4 Å². The minimum atomic E-state index is -0.602. The number of rotatable bonds is 5. The molecule has 1 rings (SSSR count). The second kappa shape index (κ2) is 6.14. The number of hydrogen-bond acceptors (Lipinski definition) is 5. The quantitative estimate of drug-likeness (QED) is 0.467. The third-order valence-electron chi connectivity index (χ3n) is 2.51. The minimum Gasteiger partial charge on any atom is -0.393 e. The molecule has 1 aromatic carbocycles. The van der Waals surface area contributed by atoms with Gasteiger partial charge in [0.2, 0.25) is 0 Å². The van der Waals surface area contributed by atoms with Gasteiger partial charge in [-0.1, -0.05) is 0 Å². The maximum atomic E-state index is 11.9. The van der Waals surface area contributed by atoms with Crippen LogP contribution in [0.2, 0.25) is 0 Å². The summed E-state index contributed by atoms with van der Waals surface area (Å²) in [5, 5.41) is 13.5. The topological polar surface area (TPSA) is 102 Å². The van der Waals surface area contributed by atoms with Crippen molar-refractivity contribution >= 4 is 17.3 Å². The summed E-state index contributed by atoms with van der Waals surface area (Å²) in [5.74, 6) is -0.350. The Balaban J connectivity index is 2.83. The monoisotopic (exact) mass is 266 g/mol. The number of carbonyl (C=O) groups is 1. The normalized spacial score (nSPS) is 12.2. The molecule has 0 fully saturated rings. The summed E-state index contributed by atoms with van der Waals surface area (Å²) in [4.78, 5) is 24.0. The fraction of sp³-hybridized carbons (Fsp3) is 0.417. The summed E-state index contributed by atoms with van der Waals surface area (Å²) in [6.45, 7) is 2.55. The molecule has 0 saturated heterocycles. The van der Waals surface area contributed by atoms with Gasteiger partial charge in [0.05, 0.1) is 4.92 Å². The number of nitro benzene ring substituents is 1. The van der Waals surface area contributed by atoms with E-state index in [4.69, 9.17) is 5.73 Å². The molecule has 3 N–H and O–H groups in total. The molecule has 0 spiro atoms. The molecule has 1 amide bonds. The number of benzene rings is 1. The zero-order chi connectivity index (χ0) is 14.6. The summed E-state index contributed by atoms with van der Waals surface area (Å²) in [6.07, 6.45) is 0. The summed E-state index contributed by atoms with van der Waals surface area (Å²) < 4.78 is 0. The predicted octanol–water partition coefficient (Wildman–Crippen LogP) is 0.857. The minimum absolute atomic E-state index is 0.0443. The number of nitro groups is 1. The first kappa shape index (κ1) is 14.9. The summed E-state index contributed by atoms with van der Waals surface area (Å²) >= 11 is 0. The molecular formula is C12H18N4O3. The molecule has 1 unspecified atom stereocenters. The highest BCUT2D eigenvalue weighted by Gasteiger charge is 2.16. The first-order valence-corrected chi connectivity index (χ1v) is 5.80. The molecule has 19 heavy (non-hydrogen) atoms. The van der Waals surface area contributed by atoms with Crippen molar-refractivity contribution in [1.82, 2.24) is 10.2 Å². The highest BCUT2D eigenvalue weighted by Crippen LogP contribution is 2.22. The molecule has 0 saturated carbocycles. The Hall–Kier alpha value is -2.15. The number of likely N-dealkylation sites (N-methyl/N-ethyl adjacent to an activating group) is 1. The standard InChI is InChI=1S/C12H18N4O3/c1-8(7-15(2)3)14-12(17)9-4-5-10(13)11(6-9)16(18)19/h4-6,8H,7,13H2,1-3H3,(H,14,17). The van der Waals surface area contributed by atoms with Crippen LogP contribution in [0.3, 0.4) is 0 Å². The number of amides is 1. The number of hydrogen-bond donors (Lipinski definition) is 2. The van der Waals surface area contributed by atoms with Crippen LogP contribution >= 0.6 is 0 Å². The number of nitrogens with zero attached hydrogens (tertiary/aromatic N) is 2. The highest BCUT2D eigenvalue weighted by atomic mass is 16.6. The van der Waals surface area contributed by atoms with Gasteiger partial charge in [0, 0.05) is 24.2 Å². The van der Waals surface area contributed by atoms with Crippen LogP contribution in [0, 0.1) is 10.1 Å². The van der Waals surface area contributed by atoms with Gasteiger partial charge in [-0.2, -0.15) is 0 Å². The average Bonchev–Trinajstić information content (AvgIpc) is 2.27. The van der Waals surface area contributed by atoms with Gasteiger partial charge >= 0.3 is 0 Å². The van der Waals surface area contributed by atoms with Gasteiger partial charge in [-0.15, -0.1) is 0 Å². The van der Waals surface area contributed by atoms with Crippen molar-refractivity contribution in [2.24, 2.45) is 0 Å². The van der Waals surface area contributed by atoms with E-state index in [0.29, 0.717) is 6.54 Å². The lowest BCUT2D eigenvalue weighted by Crippen LogP contribution is -2.39. The Bertz CT molecular complexity index is 488. The number of nitrogens with one attached hydrogen (secondary N) is 1. The van der Waals surface area contributed by atoms with Gasteiger partial charge in [-0.25, -0.2) is 0 Å². The van der Waals surface area contributed by atoms with Crippen molar-refractivity contribution in [3.8, 4) is 0 Å². The van der Waals surface area contributed by atoms with Gasteiger partial charge in [0.15, 0.2) is 0 Å². The van der Waals surface area contributed by atoms with Crippen molar-refractivity contribution in [1.29, 1.82) is 0 Å². The first-order valence-electron chi connectivity index (χ1n) is 5.80. The van der Waals surface area contributed by atoms with Gasteiger partial charge in [0.1, 0.15) is 5.69 Å². The Labute approximate surface area is 111 Å². The van der Waals surface area contributed by atoms with Gasteiger partial charge in [-0.3, -0.25) is 14.9 Å². The highest BCUT2D eigenvalue weighted by molar-refractivity contribution is 5.95. The Morgan fingerprint density at radius 1 is 1.53 bits per heavy atom. The van der Waals surface area contributed by atoms with Crippen molar-refractivity contribution in [2.75, 3.05) is 26.4 Å². The van der Waals surface area contributed by atoms with Crippen molar-refractivity contribution in [3.63, 3.8) is 0 Å². The summed E-state index contributed by atoms with van der Waals surface area (Å²) in [7, 11) is 3.80. The fourth-order valence-electron chi connectivity index (χ4n) is 1.74. The lowest BCUT2D eigenvalue weighted by atomic mass is 10.1. The second-order valence-corrected chi connectivity index (χ2v) is 4.67. The molecule has 0 heterocycles. The Kier molecular flexibility index (Phi) is 4.82. The van der Waals surface area contributed by atoms with E-state index in [0.717, 1.165) is 0 Å². The summed E-state index contributed by atoms with van der Waals surface area (Å²) in [5.41, 5.74) is 5.49. The SMILES string of the molecule is CC(CN(C)C)NC(=O)c1ccc(N)c([N+](=O)[O-])c1. The smallest absolute Gasteiger partial charge is 0.292 e. The van der Waals surface area contributed by atoms with Crippen molar-refractivity contribution in [3.05, 3.63) is 33.9 Å². The summed E-state index contributed by atoms with van der Waals surface area (Å²) in [6, 6.07) is 3.97.